The number of benzene rings is 1. The number of carboxylic acids is 1. The minimum atomic E-state index is -3.88. The molecular weight excluding hydrogens is 337 g/mol. The van der Waals surface area contributed by atoms with Crippen LogP contribution in [0.4, 0.5) is 0 Å². The van der Waals surface area contributed by atoms with E-state index in [-0.39, 0.29) is 21.5 Å². The highest BCUT2D eigenvalue weighted by atomic mass is 35.5. The second-order valence-electron chi connectivity index (χ2n) is 4.30. The van der Waals surface area contributed by atoms with Gasteiger partial charge in [0.15, 0.2) is 0 Å². The molecule has 116 valence electrons. The molecule has 1 aromatic rings. The Kier molecular flexibility index (Phi) is 6.22. The number of aromatic carboxylic acids is 1. The number of carboxylic acid groups (broad SMARTS) is 1. The first-order valence-corrected chi connectivity index (χ1v) is 8.21. The van der Waals surface area contributed by atoms with Crippen molar-refractivity contribution < 1.29 is 18.3 Å². The van der Waals surface area contributed by atoms with E-state index in [2.05, 4.69) is 6.58 Å². The maximum absolute atomic E-state index is 12.4. The lowest BCUT2D eigenvalue weighted by atomic mass is 10.2. The van der Waals surface area contributed by atoms with Crippen LogP contribution in [0.3, 0.4) is 0 Å². The lowest BCUT2D eigenvalue weighted by molar-refractivity contribution is 0.0697. The molecule has 0 aliphatic heterocycles. The standard InChI is InChI=1S/C13H15Cl2NO4S/c1-3-4-5-8-16(2)21(19,20)10-7-6-9(14)11(12(10)15)13(17)18/h3,6-7H,1,4-5,8H2,2H3,(H,17,18). The molecule has 0 aromatic heterocycles. The number of hydrogen-bond donors (Lipinski definition) is 1. The monoisotopic (exact) mass is 351 g/mol. The normalized spacial score (nSPS) is 11.6. The minimum absolute atomic E-state index is 0.110. The SMILES string of the molecule is C=CCCCN(C)S(=O)(=O)c1ccc(Cl)c(C(=O)O)c1Cl. The summed E-state index contributed by atoms with van der Waals surface area (Å²) >= 11 is 11.7. The van der Waals surface area contributed by atoms with E-state index in [0.717, 1.165) is 4.31 Å². The summed E-state index contributed by atoms with van der Waals surface area (Å²) in [5.74, 6) is -1.38. The summed E-state index contributed by atoms with van der Waals surface area (Å²) in [7, 11) is -2.47. The van der Waals surface area contributed by atoms with Gasteiger partial charge in [0.25, 0.3) is 0 Å². The smallest absolute Gasteiger partial charge is 0.338 e. The van der Waals surface area contributed by atoms with Crippen molar-refractivity contribution in [1.82, 2.24) is 4.31 Å². The average Bonchev–Trinajstić information content (AvgIpc) is 2.38. The van der Waals surface area contributed by atoms with Gasteiger partial charge in [-0.1, -0.05) is 29.3 Å². The van der Waals surface area contributed by atoms with Crippen molar-refractivity contribution in [2.24, 2.45) is 0 Å². The van der Waals surface area contributed by atoms with Crippen molar-refractivity contribution >= 4 is 39.2 Å². The highest BCUT2D eigenvalue weighted by Crippen LogP contribution is 2.32. The zero-order valence-electron chi connectivity index (χ0n) is 11.3. The van der Waals surface area contributed by atoms with Gasteiger partial charge >= 0.3 is 5.97 Å². The first-order valence-electron chi connectivity index (χ1n) is 6.02. The molecule has 1 N–H and O–H groups in total. The van der Waals surface area contributed by atoms with Crippen LogP contribution in [0.25, 0.3) is 0 Å². The van der Waals surface area contributed by atoms with Crippen LogP contribution >= 0.6 is 23.2 Å². The summed E-state index contributed by atoms with van der Waals surface area (Å²) in [6.45, 7) is 3.84. The van der Waals surface area contributed by atoms with Crippen molar-refractivity contribution in [3.05, 3.63) is 40.4 Å². The highest BCUT2D eigenvalue weighted by Gasteiger charge is 2.27. The topological polar surface area (TPSA) is 74.7 Å². The van der Waals surface area contributed by atoms with Crippen LogP contribution in [0.1, 0.15) is 23.2 Å². The second kappa shape index (κ2) is 7.26. The molecule has 0 amide bonds. The molecule has 0 radical (unpaired) electrons. The molecule has 0 spiro atoms. The first kappa shape index (κ1) is 18.0. The van der Waals surface area contributed by atoms with Crippen molar-refractivity contribution in [2.75, 3.05) is 13.6 Å². The third kappa shape index (κ3) is 3.97. The largest absolute Gasteiger partial charge is 0.478 e. The molecule has 8 heteroatoms. The fraction of sp³-hybridized carbons (Fsp3) is 0.308. The minimum Gasteiger partial charge on any atom is -0.478 e. The number of unbranched alkanes of at least 4 members (excludes halogenated alkanes) is 1. The molecule has 0 aliphatic carbocycles. The highest BCUT2D eigenvalue weighted by molar-refractivity contribution is 7.89. The summed E-state index contributed by atoms with van der Waals surface area (Å²) in [6, 6.07) is 2.41. The molecule has 0 aliphatic rings. The van der Waals surface area contributed by atoms with Gasteiger partial charge in [-0.3, -0.25) is 0 Å². The quantitative estimate of drug-likeness (QED) is 0.604. The predicted molar refractivity (Wildman–Crippen MR) is 82.7 cm³/mol. The molecule has 0 unspecified atom stereocenters. The van der Waals surface area contributed by atoms with Crippen molar-refractivity contribution in [3.8, 4) is 0 Å². The Labute approximate surface area is 133 Å². The number of sulfonamides is 1. The number of rotatable bonds is 7. The Morgan fingerprint density at radius 3 is 2.57 bits per heavy atom. The molecule has 0 saturated carbocycles. The Morgan fingerprint density at radius 2 is 2.05 bits per heavy atom. The zero-order valence-corrected chi connectivity index (χ0v) is 13.7. The van der Waals surface area contributed by atoms with Gasteiger partial charge in [0.1, 0.15) is 4.90 Å². The summed E-state index contributed by atoms with van der Waals surface area (Å²) in [6.07, 6.45) is 2.98. The van der Waals surface area contributed by atoms with Crippen LogP contribution in [0, 0.1) is 0 Å². The Morgan fingerprint density at radius 1 is 1.43 bits per heavy atom. The lowest BCUT2D eigenvalue weighted by Crippen LogP contribution is -2.28. The van der Waals surface area contributed by atoms with Gasteiger partial charge in [0, 0.05) is 13.6 Å². The number of nitrogens with zero attached hydrogens (tertiary/aromatic N) is 1. The summed E-state index contributed by atoms with van der Waals surface area (Å²) in [4.78, 5) is 10.8. The maximum atomic E-state index is 12.4. The molecule has 1 rings (SSSR count). The first-order chi connectivity index (χ1) is 9.73. The molecule has 21 heavy (non-hydrogen) atoms. The third-order valence-electron chi connectivity index (χ3n) is 2.84. The van der Waals surface area contributed by atoms with Crippen LogP contribution in [0.5, 0.6) is 0 Å². The van der Waals surface area contributed by atoms with Crippen molar-refractivity contribution in [1.29, 1.82) is 0 Å². The fourth-order valence-corrected chi connectivity index (χ4v) is 3.77. The number of hydrogen-bond acceptors (Lipinski definition) is 3. The van der Waals surface area contributed by atoms with Crippen LogP contribution in [-0.4, -0.2) is 37.4 Å². The number of halogens is 2. The predicted octanol–water partition coefficient (Wildman–Crippen LogP) is 3.28. The van der Waals surface area contributed by atoms with E-state index >= 15 is 0 Å². The molecule has 0 heterocycles. The van der Waals surface area contributed by atoms with Crippen LogP contribution < -0.4 is 0 Å². The fourth-order valence-electron chi connectivity index (χ4n) is 1.68. The van der Waals surface area contributed by atoms with Crippen LogP contribution in [-0.2, 0) is 10.0 Å². The van der Waals surface area contributed by atoms with E-state index in [1.165, 1.54) is 19.2 Å². The van der Waals surface area contributed by atoms with E-state index in [1.807, 2.05) is 0 Å². The third-order valence-corrected chi connectivity index (χ3v) is 5.56. The second-order valence-corrected chi connectivity index (χ2v) is 7.10. The maximum Gasteiger partial charge on any atom is 0.338 e. The van der Waals surface area contributed by atoms with E-state index in [0.29, 0.717) is 12.8 Å². The summed E-state index contributed by atoms with van der Waals surface area (Å²) in [5.41, 5.74) is -0.418. The lowest BCUT2D eigenvalue weighted by Gasteiger charge is -2.18. The Bertz CT molecular complexity index is 658. The van der Waals surface area contributed by atoms with Gasteiger partial charge in [-0.2, -0.15) is 0 Å². The van der Waals surface area contributed by atoms with Gasteiger partial charge in [-0.25, -0.2) is 17.5 Å². The summed E-state index contributed by atoms with van der Waals surface area (Å²) in [5, 5.41) is 8.57. The molecule has 1 aromatic carbocycles. The van der Waals surface area contributed by atoms with E-state index in [4.69, 9.17) is 28.3 Å². The molecule has 0 saturated heterocycles. The van der Waals surface area contributed by atoms with Gasteiger partial charge in [0.2, 0.25) is 10.0 Å². The molecule has 0 atom stereocenters. The molecule has 0 fully saturated rings. The van der Waals surface area contributed by atoms with E-state index < -0.39 is 21.6 Å². The van der Waals surface area contributed by atoms with Gasteiger partial charge in [-0.05, 0) is 25.0 Å². The molecule has 5 nitrogen and oxygen atoms in total. The van der Waals surface area contributed by atoms with Crippen molar-refractivity contribution in [2.45, 2.75) is 17.7 Å². The average molecular weight is 352 g/mol. The zero-order chi connectivity index (χ0) is 16.2. The van der Waals surface area contributed by atoms with E-state index in [9.17, 15) is 13.2 Å². The van der Waals surface area contributed by atoms with Gasteiger partial charge in [0.05, 0.1) is 15.6 Å². The van der Waals surface area contributed by atoms with Gasteiger partial charge in [-0.15, -0.1) is 6.58 Å². The summed E-state index contributed by atoms with van der Waals surface area (Å²) < 4.78 is 25.9. The Hall–Kier alpha value is -1.08. The number of allylic oxidation sites excluding steroid dienone is 1. The van der Waals surface area contributed by atoms with Crippen molar-refractivity contribution in [3.63, 3.8) is 0 Å². The number of carbonyl (C=O) groups is 1. The molecular formula is C13H15Cl2NO4S. The molecule has 0 bridgehead atoms. The Balaban J connectivity index is 3.23. The van der Waals surface area contributed by atoms with Crippen LogP contribution in [0.2, 0.25) is 10.0 Å². The van der Waals surface area contributed by atoms with E-state index in [1.54, 1.807) is 6.08 Å². The van der Waals surface area contributed by atoms with Gasteiger partial charge < -0.3 is 5.11 Å². The van der Waals surface area contributed by atoms with Crippen LogP contribution in [0.15, 0.2) is 29.7 Å².